The minimum absolute atomic E-state index is 1.11. The molecule has 8 aromatic carbocycles. The van der Waals surface area contributed by atoms with E-state index in [2.05, 4.69) is 216 Å². The van der Waals surface area contributed by atoms with Crippen LogP contribution in [-0.2, 0) is 0 Å². The molecule has 1 heterocycles. The van der Waals surface area contributed by atoms with Crippen LogP contribution in [0.5, 0.6) is 0 Å². The second-order valence-corrected chi connectivity index (χ2v) is 12.6. The zero-order chi connectivity index (χ0) is 33.3. The maximum absolute atomic E-state index is 2.40. The molecule has 2 nitrogen and oxygen atoms in total. The summed E-state index contributed by atoms with van der Waals surface area (Å²) >= 11 is 0. The highest BCUT2D eigenvalue weighted by molar-refractivity contribution is 6.10. The second kappa shape index (κ2) is 12.8. The second-order valence-electron chi connectivity index (χ2n) is 12.6. The van der Waals surface area contributed by atoms with Crippen LogP contribution in [0.1, 0.15) is 0 Å². The summed E-state index contributed by atoms with van der Waals surface area (Å²) in [6.45, 7) is 0. The monoisotopic (exact) mass is 638 g/mol. The van der Waals surface area contributed by atoms with Gasteiger partial charge in [-0.15, -0.1) is 0 Å². The van der Waals surface area contributed by atoms with E-state index in [4.69, 9.17) is 0 Å². The SMILES string of the molecule is c1ccc(-c2ccc(N(c3ccccc3)c3cccc(-c4ccc5c(c4)c4ccccc4n5-c4cccc(-c5ccccc5)c4)c3)cc2)cc1. The lowest BCUT2D eigenvalue weighted by Crippen LogP contribution is -2.09. The number of benzene rings is 8. The van der Waals surface area contributed by atoms with Gasteiger partial charge in [-0.05, 0) is 100 Å². The summed E-state index contributed by atoms with van der Waals surface area (Å²) in [7, 11) is 0. The number of nitrogens with zero attached hydrogens (tertiary/aromatic N) is 2. The summed E-state index contributed by atoms with van der Waals surface area (Å²) in [6.07, 6.45) is 0. The highest BCUT2D eigenvalue weighted by Gasteiger charge is 2.16. The van der Waals surface area contributed by atoms with E-state index in [1.54, 1.807) is 0 Å². The molecule has 236 valence electrons. The zero-order valence-electron chi connectivity index (χ0n) is 27.5. The van der Waals surface area contributed by atoms with E-state index in [1.165, 1.54) is 55.2 Å². The number of rotatable bonds is 7. The topological polar surface area (TPSA) is 8.17 Å². The largest absolute Gasteiger partial charge is 0.310 e. The molecule has 0 spiro atoms. The molecule has 0 amide bonds. The molecule has 0 unspecified atom stereocenters. The summed E-state index contributed by atoms with van der Waals surface area (Å²) in [5, 5.41) is 2.49. The quantitative estimate of drug-likeness (QED) is 0.169. The highest BCUT2D eigenvalue weighted by Crippen LogP contribution is 2.39. The van der Waals surface area contributed by atoms with Crippen molar-refractivity contribution in [1.29, 1.82) is 0 Å². The van der Waals surface area contributed by atoms with Gasteiger partial charge < -0.3 is 9.47 Å². The molecule has 0 saturated carbocycles. The first-order chi connectivity index (χ1) is 24.8. The summed E-state index contributed by atoms with van der Waals surface area (Å²) in [5.41, 5.74) is 14.1. The predicted octanol–water partition coefficient (Wildman–Crippen LogP) is 13.3. The smallest absolute Gasteiger partial charge is 0.0541 e. The molecule has 2 heteroatoms. The third-order valence-electron chi connectivity index (χ3n) is 9.57. The van der Waals surface area contributed by atoms with E-state index in [0.29, 0.717) is 0 Å². The van der Waals surface area contributed by atoms with Crippen molar-refractivity contribution >= 4 is 38.9 Å². The fourth-order valence-electron chi connectivity index (χ4n) is 7.17. The number of anilines is 3. The van der Waals surface area contributed by atoms with Gasteiger partial charge in [0.05, 0.1) is 11.0 Å². The summed E-state index contributed by atoms with van der Waals surface area (Å²) in [4.78, 5) is 2.34. The normalized spacial score (nSPS) is 11.2. The van der Waals surface area contributed by atoms with Gasteiger partial charge in [0.2, 0.25) is 0 Å². The van der Waals surface area contributed by atoms with Gasteiger partial charge in [0.15, 0.2) is 0 Å². The van der Waals surface area contributed by atoms with Gasteiger partial charge >= 0.3 is 0 Å². The van der Waals surface area contributed by atoms with Crippen LogP contribution in [0, 0.1) is 0 Å². The average molecular weight is 639 g/mol. The van der Waals surface area contributed by atoms with Crippen LogP contribution in [0.3, 0.4) is 0 Å². The third-order valence-corrected chi connectivity index (χ3v) is 9.57. The minimum Gasteiger partial charge on any atom is -0.310 e. The van der Waals surface area contributed by atoms with Crippen LogP contribution < -0.4 is 4.90 Å². The number of hydrogen-bond acceptors (Lipinski definition) is 1. The van der Waals surface area contributed by atoms with Crippen LogP contribution in [0.25, 0.3) is 60.9 Å². The molecule has 0 aliphatic rings. The Labute approximate surface area is 292 Å². The van der Waals surface area contributed by atoms with E-state index >= 15 is 0 Å². The Morgan fingerprint density at radius 2 is 0.760 bits per heavy atom. The molecule has 0 fully saturated rings. The molecular weight excluding hydrogens is 605 g/mol. The van der Waals surface area contributed by atoms with Gasteiger partial charge in [-0.25, -0.2) is 0 Å². The molecule has 0 bridgehead atoms. The predicted molar refractivity (Wildman–Crippen MR) is 212 cm³/mol. The van der Waals surface area contributed by atoms with Crippen molar-refractivity contribution in [3.05, 3.63) is 206 Å². The van der Waals surface area contributed by atoms with Gasteiger partial charge in [-0.2, -0.15) is 0 Å². The molecule has 0 atom stereocenters. The number of fused-ring (bicyclic) bond motifs is 3. The van der Waals surface area contributed by atoms with Gasteiger partial charge in [-0.3, -0.25) is 0 Å². The van der Waals surface area contributed by atoms with E-state index in [1.807, 2.05) is 0 Å². The molecule has 9 rings (SSSR count). The lowest BCUT2D eigenvalue weighted by atomic mass is 10.0. The lowest BCUT2D eigenvalue weighted by molar-refractivity contribution is 1.18. The Balaban J connectivity index is 1.14. The van der Waals surface area contributed by atoms with Crippen molar-refractivity contribution in [1.82, 2.24) is 4.57 Å². The first-order valence-corrected chi connectivity index (χ1v) is 17.1. The molecule has 9 aromatic rings. The molecule has 1 aromatic heterocycles. The molecule has 0 aliphatic heterocycles. The summed E-state index contributed by atoms with van der Waals surface area (Å²) < 4.78 is 2.40. The first kappa shape index (κ1) is 29.5. The number of para-hydroxylation sites is 2. The van der Waals surface area contributed by atoms with E-state index in [9.17, 15) is 0 Å². The molecule has 0 saturated heterocycles. The van der Waals surface area contributed by atoms with E-state index in [0.717, 1.165) is 22.7 Å². The van der Waals surface area contributed by atoms with Crippen LogP contribution in [-0.4, -0.2) is 4.57 Å². The van der Waals surface area contributed by atoms with Crippen molar-refractivity contribution in [2.24, 2.45) is 0 Å². The minimum atomic E-state index is 1.11. The Kier molecular flexibility index (Phi) is 7.53. The fourth-order valence-corrected chi connectivity index (χ4v) is 7.17. The molecule has 0 aliphatic carbocycles. The van der Waals surface area contributed by atoms with Gasteiger partial charge in [0.25, 0.3) is 0 Å². The Bertz CT molecular complexity index is 2570. The number of hydrogen-bond donors (Lipinski definition) is 0. The lowest BCUT2D eigenvalue weighted by Gasteiger charge is -2.26. The standard InChI is InChI=1S/C48H34N2/c1-4-14-35(15-5-1)37-26-29-42(30-27-37)49(41-20-8-3-9-21-41)43-22-13-19-39(33-43)40-28-31-48-46(34-40)45-24-10-11-25-47(45)50(48)44-23-12-18-38(32-44)36-16-6-2-7-17-36/h1-34H. The van der Waals surface area contributed by atoms with Crippen LogP contribution >= 0.6 is 0 Å². The van der Waals surface area contributed by atoms with Crippen LogP contribution in [0.4, 0.5) is 17.1 Å². The Morgan fingerprint density at radius 1 is 0.280 bits per heavy atom. The average Bonchev–Trinajstić information content (AvgIpc) is 3.53. The van der Waals surface area contributed by atoms with Crippen LogP contribution in [0.15, 0.2) is 206 Å². The highest BCUT2D eigenvalue weighted by atomic mass is 15.1. The maximum atomic E-state index is 2.40. The zero-order valence-corrected chi connectivity index (χ0v) is 27.5. The van der Waals surface area contributed by atoms with Gasteiger partial charge in [-0.1, -0.05) is 140 Å². The van der Waals surface area contributed by atoms with Gasteiger partial charge in [0.1, 0.15) is 0 Å². The molecule has 0 N–H and O–H groups in total. The molecule has 50 heavy (non-hydrogen) atoms. The third kappa shape index (κ3) is 5.43. The fraction of sp³-hybridized carbons (Fsp3) is 0. The summed E-state index contributed by atoms with van der Waals surface area (Å²) in [5.74, 6) is 0. The number of aromatic nitrogens is 1. The van der Waals surface area contributed by atoms with Gasteiger partial charge in [0, 0.05) is 33.5 Å². The van der Waals surface area contributed by atoms with Crippen molar-refractivity contribution in [3.8, 4) is 39.1 Å². The van der Waals surface area contributed by atoms with E-state index in [-0.39, 0.29) is 0 Å². The van der Waals surface area contributed by atoms with Crippen molar-refractivity contribution in [2.75, 3.05) is 4.90 Å². The van der Waals surface area contributed by atoms with Crippen molar-refractivity contribution in [3.63, 3.8) is 0 Å². The van der Waals surface area contributed by atoms with Crippen molar-refractivity contribution < 1.29 is 0 Å². The maximum Gasteiger partial charge on any atom is 0.0541 e. The van der Waals surface area contributed by atoms with E-state index < -0.39 is 0 Å². The summed E-state index contributed by atoms with van der Waals surface area (Å²) in [6, 6.07) is 74.0. The Morgan fingerprint density at radius 3 is 1.50 bits per heavy atom. The first-order valence-electron chi connectivity index (χ1n) is 17.1. The molecular formula is C48H34N2. The Hall–Kier alpha value is -6.64. The van der Waals surface area contributed by atoms with Crippen molar-refractivity contribution in [2.45, 2.75) is 0 Å². The molecule has 0 radical (unpaired) electrons. The van der Waals surface area contributed by atoms with Crippen LogP contribution in [0.2, 0.25) is 0 Å².